The third kappa shape index (κ3) is 2.01. The highest BCUT2D eigenvalue weighted by Crippen LogP contribution is 2.20. The summed E-state index contributed by atoms with van der Waals surface area (Å²) in [4.78, 5) is 14.7. The Hall–Kier alpha value is -2.17. The third-order valence-electron chi connectivity index (χ3n) is 1.93. The normalized spacial score (nSPS) is 9.93. The van der Waals surface area contributed by atoms with Crippen LogP contribution in [-0.2, 0) is 0 Å². The van der Waals surface area contributed by atoms with E-state index in [1.54, 1.807) is 13.2 Å². The maximum absolute atomic E-state index is 11.0. The number of hydrogen-bond donors (Lipinski definition) is 1. The Labute approximate surface area is 85.8 Å². The van der Waals surface area contributed by atoms with Crippen molar-refractivity contribution >= 4 is 0 Å². The molecule has 1 aromatic heterocycles. The highest BCUT2D eigenvalue weighted by molar-refractivity contribution is 5.59. The van der Waals surface area contributed by atoms with E-state index in [9.17, 15) is 4.79 Å². The van der Waals surface area contributed by atoms with Gasteiger partial charge in [0.2, 0.25) is 0 Å². The third-order valence-corrected chi connectivity index (χ3v) is 1.93. The van der Waals surface area contributed by atoms with Gasteiger partial charge in [-0.3, -0.25) is 0 Å². The standard InChI is InChI=1S/C10H9N3O2/c1-15-8-4-2-3-7(5-8)9-6-11-13-10(14)12-9/h2-6H,1H3,(H,12,13,14). The zero-order valence-electron chi connectivity index (χ0n) is 8.10. The van der Waals surface area contributed by atoms with Crippen LogP contribution in [0.3, 0.4) is 0 Å². The van der Waals surface area contributed by atoms with Gasteiger partial charge in [-0.25, -0.2) is 9.89 Å². The van der Waals surface area contributed by atoms with Gasteiger partial charge < -0.3 is 4.74 Å². The van der Waals surface area contributed by atoms with Crippen LogP contribution >= 0.6 is 0 Å². The lowest BCUT2D eigenvalue weighted by atomic mass is 10.1. The van der Waals surface area contributed by atoms with E-state index in [-0.39, 0.29) is 0 Å². The molecule has 2 rings (SSSR count). The Morgan fingerprint density at radius 2 is 2.27 bits per heavy atom. The molecule has 0 aliphatic heterocycles. The van der Waals surface area contributed by atoms with Crippen molar-refractivity contribution < 1.29 is 4.74 Å². The number of rotatable bonds is 2. The number of H-pyrrole nitrogens is 1. The van der Waals surface area contributed by atoms with Crippen LogP contribution in [0.25, 0.3) is 11.3 Å². The minimum Gasteiger partial charge on any atom is -0.497 e. The summed E-state index contributed by atoms with van der Waals surface area (Å²) in [5.41, 5.74) is 0.862. The highest BCUT2D eigenvalue weighted by Gasteiger charge is 2.01. The fourth-order valence-electron chi connectivity index (χ4n) is 1.23. The van der Waals surface area contributed by atoms with E-state index in [0.29, 0.717) is 5.69 Å². The minimum atomic E-state index is -0.463. The molecule has 0 amide bonds. The molecule has 0 aliphatic carbocycles. The Morgan fingerprint density at radius 3 is 3.00 bits per heavy atom. The Kier molecular flexibility index (Phi) is 2.45. The zero-order valence-corrected chi connectivity index (χ0v) is 8.10. The lowest BCUT2D eigenvalue weighted by molar-refractivity contribution is 0.415. The average Bonchev–Trinajstić information content (AvgIpc) is 2.29. The summed E-state index contributed by atoms with van der Waals surface area (Å²) in [6.45, 7) is 0. The number of methoxy groups -OCH3 is 1. The summed E-state index contributed by atoms with van der Waals surface area (Å²) in [6, 6.07) is 7.29. The molecule has 5 heteroatoms. The monoisotopic (exact) mass is 203 g/mol. The molecule has 2 aromatic rings. The summed E-state index contributed by atoms with van der Waals surface area (Å²) < 4.78 is 5.07. The van der Waals surface area contributed by atoms with Crippen molar-refractivity contribution in [3.05, 3.63) is 40.9 Å². The van der Waals surface area contributed by atoms with Crippen molar-refractivity contribution in [3.63, 3.8) is 0 Å². The van der Waals surface area contributed by atoms with Gasteiger partial charge in [0.15, 0.2) is 0 Å². The van der Waals surface area contributed by atoms with Crippen LogP contribution in [0.4, 0.5) is 0 Å². The van der Waals surface area contributed by atoms with Gasteiger partial charge >= 0.3 is 5.69 Å². The van der Waals surface area contributed by atoms with E-state index in [1.807, 2.05) is 18.2 Å². The molecule has 76 valence electrons. The summed E-state index contributed by atoms with van der Waals surface area (Å²) in [5, 5.41) is 5.90. The predicted octanol–water partition coefficient (Wildman–Crippen LogP) is 0.840. The molecule has 1 heterocycles. The largest absolute Gasteiger partial charge is 0.497 e. The Morgan fingerprint density at radius 1 is 1.40 bits per heavy atom. The molecular weight excluding hydrogens is 194 g/mol. The number of hydrogen-bond acceptors (Lipinski definition) is 4. The van der Waals surface area contributed by atoms with Crippen molar-refractivity contribution in [1.29, 1.82) is 0 Å². The van der Waals surface area contributed by atoms with Crippen LogP contribution in [0.15, 0.2) is 35.3 Å². The molecule has 0 radical (unpaired) electrons. The number of benzene rings is 1. The topological polar surface area (TPSA) is 67.9 Å². The molecule has 15 heavy (non-hydrogen) atoms. The van der Waals surface area contributed by atoms with Crippen LogP contribution in [0.5, 0.6) is 5.75 Å². The number of nitrogens with zero attached hydrogens (tertiary/aromatic N) is 2. The van der Waals surface area contributed by atoms with Crippen molar-refractivity contribution in [2.45, 2.75) is 0 Å². The Balaban J connectivity index is 2.49. The van der Waals surface area contributed by atoms with Crippen molar-refractivity contribution in [3.8, 4) is 17.0 Å². The van der Waals surface area contributed by atoms with Gasteiger partial charge in [-0.2, -0.15) is 10.1 Å². The molecule has 0 saturated heterocycles. The average molecular weight is 203 g/mol. The molecular formula is C10H9N3O2. The molecule has 0 bridgehead atoms. The second-order valence-corrected chi connectivity index (χ2v) is 2.90. The highest BCUT2D eigenvalue weighted by atomic mass is 16.5. The van der Waals surface area contributed by atoms with Gasteiger partial charge in [-0.1, -0.05) is 12.1 Å². The van der Waals surface area contributed by atoms with Crippen LogP contribution in [0.2, 0.25) is 0 Å². The molecule has 0 atom stereocenters. The van der Waals surface area contributed by atoms with Crippen LogP contribution in [0.1, 0.15) is 0 Å². The van der Waals surface area contributed by atoms with E-state index in [1.165, 1.54) is 6.20 Å². The number of ether oxygens (including phenoxy) is 1. The van der Waals surface area contributed by atoms with Crippen LogP contribution in [0, 0.1) is 0 Å². The fourth-order valence-corrected chi connectivity index (χ4v) is 1.23. The first-order valence-corrected chi connectivity index (χ1v) is 4.36. The van der Waals surface area contributed by atoms with E-state index in [4.69, 9.17) is 4.74 Å². The maximum atomic E-state index is 11.0. The number of aromatic nitrogens is 3. The molecule has 0 aliphatic rings. The molecule has 1 N–H and O–H groups in total. The first kappa shape index (κ1) is 9.39. The summed E-state index contributed by atoms with van der Waals surface area (Å²) >= 11 is 0. The van der Waals surface area contributed by atoms with Crippen LogP contribution in [-0.4, -0.2) is 22.3 Å². The summed E-state index contributed by atoms with van der Waals surface area (Å²) in [7, 11) is 1.59. The zero-order chi connectivity index (χ0) is 10.7. The summed E-state index contributed by atoms with van der Waals surface area (Å²) in [6.07, 6.45) is 1.50. The molecule has 0 saturated carbocycles. The first-order valence-electron chi connectivity index (χ1n) is 4.36. The van der Waals surface area contributed by atoms with Crippen LogP contribution < -0.4 is 10.4 Å². The first-order chi connectivity index (χ1) is 7.29. The van der Waals surface area contributed by atoms with Gasteiger partial charge in [-0.15, -0.1) is 0 Å². The second kappa shape index (κ2) is 3.91. The molecule has 0 fully saturated rings. The molecule has 1 aromatic carbocycles. The van der Waals surface area contributed by atoms with Crippen molar-refractivity contribution in [2.24, 2.45) is 0 Å². The van der Waals surface area contributed by atoms with Gasteiger partial charge in [0.25, 0.3) is 0 Å². The predicted molar refractivity (Wildman–Crippen MR) is 54.6 cm³/mol. The molecule has 5 nitrogen and oxygen atoms in total. The Bertz CT molecular complexity index is 522. The minimum absolute atomic E-state index is 0.463. The van der Waals surface area contributed by atoms with Gasteiger partial charge in [0.1, 0.15) is 5.75 Å². The van der Waals surface area contributed by atoms with Crippen molar-refractivity contribution in [2.75, 3.05) is 7.11 Å². The van der Waals surface area contributed by atoms with E-state index in [2.05, 4.69) is 15.2 Å². The van der Waals surface area contributed by atoms with Gasteiger partial charge in [-0.05, 0) is 12.1 Å². The lowest BCUT2D eigenvalue weighted by Crippen LogP contribution is -2.11. The quantitative estimate of drug-likeness (QED) is 0.785. The fraction of sp³-hybridized carbons (Fsp3) is 0.100. The molecule has 0 spiro atoms. The number of aromatic amines is 1. The van der Waals surface area contributed by atoms with E-state index in [0.717, 1.165) is 11.3 Å². The molecule has 0 unspecified atom stereocenters. The summed E-state index contributed by atoms with van der Waals surface area (Å²) in [5.74, 6) is 0.717. The van der Waals surface area contributed by atoms with Gasteiger partial charge in [0.05, 0.1) is 19.0 Å². The lowest BCUT2D eigenvalue weighted by Gasteiger charge is -2.02. The van der Waals surface area contributed by atoms with E-state index >= 15 is 0 Å². The van der Waals surface area contributed by atoms with Gasteiger partial charge in [0, 0.05) is 5.56 Å². The smallest absolute Gasteiger partial charge is 0.361 e. The maximum Gasteiger partial charge on any atom is 0.361 e. The van der Waals surface area contributed by atoms with E-state index < -0.39 is 5.69 Å². The van der Waals surface area contributed by atoms with Crippen molar-refractivity contribution in [1.82, 2.24) is 15.2 Å². The second-order valence-electron chi connectivity index (χ2n) is 2.90. The SMILES string of the molecule is COc1cccc(-c2cn[nH]c(=O)n2)c1. The number of nitrogens with one attached hydrogen (secondary N) is 1.